The Morgan fingerprint density at radius 1 is 1.15 bits per heavy atom. The monoisotopic (exact) mass is 534 g/mol. The third-order valence-corrected chi connectivity index (χ3v) is 11.9. The van der Waals surface area contributed by atoms with Gasteiger partial charge in [-0.1, -0.05) is 26.3 Å². The molecule has 1 spiro atoms. The average Bonchev–Trinajstić information content (AvgIpc) is 3.46. The van der Waals surface area contributed by atoms with Crippen molar-refractivity contribution in [3.05, 3.63) is 34.2 Å². The zero-order valence-corrected chi connectivity index (χ0v) is 25.3. The molecule has 0 radical (unpaired) electrons. The first-order valence-electron chi connectivity index (χ1n) is 15.9. The standard InChI is InChI=1S/C33H50N4O2/c1-8-9-29-30-25(18-36(29)31(38)37(20(2)3)21(4)5)16-32(7)22(6)35(17-23-10-11-23)19-26-14-24-12-13-27(34-39)15-28(24)33(26,30)32/h12-13,15,20-23,25-26,29-30H,8-11,14,16-19H2,1-7H3/t22?,25-,26?,29?,30?,32?,33?/m1/s1. The second kappa shape index (κ2) is 9.56. The summed E-state index contributed by atoms with van der Waals surface area (Å²) in [6.45, 7) is 19.2. The quantitative estimate of drug-likeness (QED) is 0.355. The number of carbonyl (C=O) groups is 1. The molecule has 6 heteroatoms. The minimum Gasteiger partial charge on any atom is -0.321 e. The number of nitrogens with zero attached hydrogens (tertiary/aromatic N) is 4. The van der Waals surface area contributed by atoms with E-state index in [1.54, 1.807) is 0 Å². The molecule has 1 aromatic rings. The molecule has 39 heavy (non-hydrogen) atoms. The Morgan fingerprint density at radius 2 is 1.87 bits per heavy atom. The summed E-state index contributed by atoms with van der Waals surface area (Å²) in [5.74, 6) is 2.30. The topological polar surface area (TPSA) is 56.2 Å². The number of urea groups is 1. The minimum atomic E-state index is -0.0253. The van der Waals surface area contributed by atoms with Gasteiger partial charge in [0.15, 0.2) is 0 Å². The summed E-state index contributed by atoms with van der Waals surface area (Å²) in [5, 5.41) is 3.42. The number of nitroso groups, excluding NO2 is 1. The van der Waals surface area contributed by atoms with Crippen molar-refractivity contribution in [3.8, 4) is 0 Å². The summed E-state index contributed by atoms with van der Waals surface area (Å²) >= 11 is 0. The highest BCUT2D eigenvalue weighted by Crippen LogP contribution is 2.73. The number of hydrogen-bond acceptors (Lipinski definition) is 4. The Labute approximate surface area is 235 Å². The van der Waals surface area contributed by atoms with Crippen LogP contribution in [0.2, 0.25) is 0 Å². The summed E-state index contributed by atoms with van der Waals surface area (Å²) < 4.78 is 0. The molecule has 6 rings (SSSR count). The number of rotatable bonds is 7. The van der Waals surface area contributed by atoms with E-state index in [0.717, 1.165) is 44.7 Å². The van der Waals surface area contributed by atoms with Crippen molar-refractivity contribution in [3.63, 3.8) is 0 Å². The molecule has 4 fully saturated rings. The molecular weight excluding hydrogens is 484 g/mol. The summed E-state index contributed by atoms with van der Waals surface area (Å²) in [6.07, 6.45) is 7.12. The van der Waals surface area contributed by atoms with Crippen LogP contribution in [-0.4, -0.2) is 64.5 Å². The Balaban J connectivity index is 1.48. The number of carbonyl (C=O) groups excluding carboxylic acids is 1. The van der Waals surface area contributed by atoms with Crippen LogP contribution in [0.1, 0.15) is 91.7 Å². The largest absolute Gasteiger partial charge is 0.321 e. The van der Waals surface area contributed by atoms with Crippen molar-refractivity contribution in [1.29, 1.82) is 0 Å². The van der Waals surface area contributed by atoms with Gasteiger partial charge in [-0.3, -0.25) is 4.90 Å². The second-order valence-corrected chi connectivity index (χ2v) is 14.6. The highest BCUT2D eigenvalue weighted by atomic mass is 16.3. The van der Waals surface area contributed by atoms with Gasteiger partial charge in [-0.15, -0.1) is 4.91 Å². The number of likely N-dealkylation sites (tertiary alicyclic amines) is 2. The predicted molar refractivity (Wildman–Crippen MR) is 157 cm³/mol. The van der Waals surface area contributed by atoms with Crippen molar-refractivity contribution in [2.45, 2.75) is 117 Å². The molecule has 214 valence electrons. The van der Waals surface area contributed by atoms with Gasteiger partial charge in [0.05, 0.1) is 0 Å². The Morgan fingerprint density at radius 3 is 2.49 bits per heavy atom. The van der Waals surface area contributed by atoms with Crippen LogP contribution in [-0.2, 0) is 11.8 Å². The summed E-state index contributed by atoms with van der Waals surface area (Å²) in [5.41, 5.74) is 3.46. The molecule has 6 nitrogen and oxygen atoms in total. The van der Waals surface area contributed by atoms with Crippen LogP contribution in [0.4, 0.5) is 10.5 Å². The molecule has 0 aromatic heterocycles. The zero-order chi connectivity index (χ0) is 27.9. The van der Waals surface area contributed by atoms with E-state index in [0.29, 0.717) is 29.5 Å². The number of hydrogen-bond donors (Lipinski definition) is 0. The van der Waals surface area contributed by atoms with E-state index < -0.39 is 0 Å². The van der Waals surface area contributed by atoms with Crippen LogP contribution in [0.15, 0.2) is 23.4 Å². The maximum atomic E-state index is 14.3. The van der Waals surface area contributed by atoms with Crippen molar-refractivity contribution in [2.24, 2.45) is 34.3 Å². The van der Waals surface area contributed by atoms with Gasteiger partial charge in [-0.2, -0.15) is 0 Å². The average molecular weight is 535 g/mol. The fraction of sp³-hybridized carbons (Fsp3) is 0.788. The Bertz CT molecular complexity index is 1120. The molecule has 1 aromatic carbocycles. The molecule has 2 amide bonds. The summed E-state index contributed by atoms with van der Waals surface area (Å²) in [6, 6.07) is 7.58. The van der Waals surface area contributed by atoms with E-state index in [4.69, 9.17) is 0 Å². The minimum absolute atomic E-state index is 0.0253. The smallest absolute Gasteiger partial charge is 0.320 e. The first-order chi connectivity index (χ1) is 18.6. The fourth-order valence-corrected chi connectivity index (χ4v) is 10.5. The van der Waals surface area contributed by atoms with Crippen LogP contribution in [0, 0.1) is 34.0 Å². The lowest BCUT2D eigenvalue weighted by atomic mass is 9.50. The molecule has 2 saturated carbocycles. The van der Waals surface area contributed by atoms with Crippen molar-refractivity contribution in [2.75, 3.05) is 19.6 Å². The Kier molecular flexibility index (Phi) is 6.68. The maximum Gasteiger partial charge on any atom is 0.320 e. The van der Waals surface area contributed by atoms with Gasteiger partial charge in [0.2, 0.25) is 0 Å². The molecular formula is C33H50N4O2. The van der Waals surface area contributed by atoms with Crippen LogP contribution in [0.25, 0.3) is 0 Å². The molecule has 2 aliphatic heterocycles. The van der Waals surface area contributed by atoms with Crippen LogP contribution < -0.4 is 0 Å². The van der Waals surface area contributed by atoms with E-state index in [1.807, 2.05) is 6.07 Å². The van der Waals surface area contributed by atoms with Gasteiger partial charge < -0.3 is 9.80 Å². The lowest BCUT2D eigenvalue weighted by Crippen LogP contribution is -2.66. The van der Waals surface area contributed by atoms with Gasteiger partial charge in [-0.25, -0.2) is 4.79 Å². The number of benzene rings is 1. The van der Waals surface area contributed by atoms with E-state index >= 15 is 0 Å². The lowest BCUT2D eigenvalue weighted by Gasteiger charge is -2.61. The van der Waals surface area contributed by atoms with Gasteiger partial charge in [0, 0.05) is 49.2 Å². The second-order valence-electron chi connectivity index (χ2n) is 14.6. The van der Waals surface area contributed by atoms with Gasteiger partial charge in [0.1, 0.15) is 5.69 Å². The molecule has 0 bridgehead atoms. The van der Waals surface area contributed by atoms with Gasteiger partial charge in [-0.05, 0) is 124 Å². The summed E-state index contributed by atoms with van der Waals surface area (Å²) in [4.78, 5) is 33.3. The first kappa shape index (κ1) is 27.2. The van der Waals surface area contributed by atoms with Crippen molar-refractivity contribution < 1.29 is 4.79 Å². The van der Waals surface area contributed by atoms with Crippen LogP contribution in [0.5, 0.6) is 0 Å². The SMILES string of the molecule is CCCC1C2[C@@H](CN1C(=O)N(C(C)C)C(C)C)CC1(C)C(C)N(CC3CC3)CC3Cc4ccc(N=O)cc4C321. The third kappa shape index (κ3) is 3.79. The van der Waals surface area contributed by atoms with Crippen molar-refractivity contribution in [1.82, 2.24) is 14.7 Å². The number of amides is 2. The molecule has 2 heterocycles. The Hall–Kier alpha value is -1.95. The molecule has 3 aliphatic carbocycles. The maximum absolute atomic E-state index is 14.3. The molecule has 0 N–H and O–H groups in total. The van der Waals surface area contributed by atoms with E-state index in [-0.39, 0.29) is 35.0 Å². The van der Waals surface area contributed by atoms with Crippen LogP contribution >= 0.6 is 0 Å². The highest BCUT2D eigenvalue weighted by molar-refractivity contribution is 5.76. The third-order valence-electron chi connectivity index (χ3n) is 11.9. The highest BCUT2D eigenvalue weighted by Gasteiger charge is 2.75. The number of fused-ring (bicyclic) bond motifs is 2. The molecule has 7 atom stereocenters. The molecule has 6 unspecified atom stereocenters. The molecule has 5 aliphatic rings. The zero-order valence-electron chi connectivity index (χ0n) is 25.3. The van der Waals surface area contributed by atoms with Gasteiger partial charge in [0.25, 0.3) is 0 Å². The summed E-state index contributed by atoms with van der Waals surface area (Å²) in [7, 11) is 0. The predicted octanol–water partition coefficient (Wildman–Crippen LogP) is 6.97. The van der Waals surface area contributed by atoms with Gasteiger partial charge >= 0.3 is 6.03 Å². The normalized spacial score (nSPS) is 37.2. The van der Waals surface area contributed by atoms with Crippen LogP contribution in [0.3, 0.4) is 0 Å². The fourth-order valence-electron chi connectivity index (χ4n) is 10.5. The lowest BCUT2D eigenvalue weighted by molar-refractivity contribution is -0.0778. The van der Waals surface area contributed by atoms with E-state index in [9.17, 15) is 9.70 Å². The first-order valence-corrected chi connectivity index (χ1v) is 15.9. The van der Waals surface area contributed by atoms with E-state index in [2.05, 4.69) is 80.5 Å². The number of piperidine rings is 1. The van der Waals surface area contributed by atoms with E-state index in [1.165, 1.54) is 30.5 Å². The van der Waals surface area contributed by atoms with Crippen molar-refractivity contribution >= 4 is 11.7 Å². The molecule has 2 saturated heterocycles.